The van der Waals surface area contributed by atoms with Crippen LogP contribution in [0.4, 0.5) is 5.69 Å². The molecule has 1 aliphatic rings. The van der Waals surface area contributed by atoms with Crippen LogP contribution in [0.15, 0.2) is 77.4 Å². The molecule has 1 atom stereocenters. The number of carbonyl (C=O) groups is 2. The Morgan fingerprint density at radius 3 is 2.55 bits per heavy atom. The first-order valence-corrected chi connectivity index (χ1v) is 9.97. The van der Waals surface area contributed by atoms with Gasteiger partial charge in [-0.1, -0.05) is 30.3 Å². The highest BCUT2D eigenvalue weighted by atomic mass is 16.5. The highest BCUT2D eigenvalue weighted by Crippen LogP contribution is 2.45. The number of aromatic amines is 1. The zero-order chi connectivity index (χ0) is 21.4. The van der Waals surface area contributed by atoms with Crippen LogP contribution in [-0.2, 0) is 4.74 Å². The summed E-state index contributed by atoms with van der Waals surface area (Å²) in [4.78, 5) is 27.0. The van der Waals surface area contributed by atoms with Gasteiger partial charge in [-0.25, -0.2) is 4.79 Å². The van der Waals surface area contributed by atoms with Gasteiger partial charge in [0.1, 0.15) is 17.5 Å². The van der Waals surface area contributed by atoms with E-state index in [2.05, 4.69) is 10.2 Å². The third-order valence-electron chi connectivity index (χ3n) is 5.28. The molecule has 2 aromatic heterocycles. The van der Waals surface area contributed by atoms with Crippen LogP contribution >= 0.6 is 0 Å². The van der Waals surface area contributed by atoms with Crippen molar-refractivity contribution in [2.75, 3.05) is 11.5 Å². The van der Waals surface area contributed by atoms with Crippen LogP contribution in [0.3, 0.4) is 0 Å². The molecule has 0 aliphatic carbocycles. The molecule has 0 saturated carbocycles. The summed E-state index contributed by atoms with van der Waals surface area (Å²) in [5.74, 6) is 0.0142. The van der Waals surface area contributed by atoms with E-state index in [1.165, 1.54) is 0 Å². The standard InChI is InChI=1S/C24H19N3O4/c1-2-30-24(29)16-10-12-17(13-11-16)27-22(18-9-6-14-31-18)19-20(15-7-4-3-5-8-15)25-26-21(19)23(27)28/h3-14,22H,2H2,1H3,(H,25,26). The first kappa shape index (κ1) is 18.9. The van der Waals surface area contributed by atoms with Crippen molar-refractivity contribution in [3.8, 4) is 11.3 Å². The normalized spacial score (nSPS) is 15.2. The Morgan fingerprint density at radius 2 is 1.87 bits per heavy atom. The third kappa shape index (κ3) is 3.11. The van der Waals surface area contributed by atoms with Gasteiger partial charge in [-0.2, -0.15) is 5.10 Å². The van der Waals surface area contributed by atoms with Gasteiger partial charge in [0, 0.05) is 16.8 Å². The van der Waals surface area contributed by atoms with E-state index >= 15 is 0 Å². The minimum absolute atomic E-state index is 0.213. The van der Waals surface area contributed by atoms with Crippen LogP contribution in [0.5, 0.6) is 0 Å². The SMILES string of the molecule is CCOC(=O)c1ccc(N2C(=O)c3[nH]nc(-c4ccccc4)c3C2c2ccco2)cc1. The number of rotatable bonds is 5. The van der Waals surface area contributed by atoms with Gasteiger partial charge in [0.25, 0.3) is 5.91 Å². The molecule has 0 fully saturated rings. The van der Waals surface area contributed by atoms with Crippen molar-refractivity contribution >= 4 is 17.6 Å². The van der Waals surface area contributed by atoms with E-state index in [0.717, 1.165) is 11.1 Å². The topological polar surface area (TPSA) is 88.4 Å². The molecule has 1 amide bonds. The summed E-state index contributed by atoms with van der Waals surface area (Å²) >= 11 is 0. The Balaban J connectivity index is 1.60. The summed E-state index contributed by atoms with van der Waals surface area (Å²) in [6, 6.07) is 19.6. The molecule has 154 valence electrons. The van der Waals surface area contributed by atoms with Crippen LogP contribution < -0.4 is 4.90 Å². The van der Waals surface area contributed by atoms with Gasteiger partial charge >= 0.3 is 5.97 Å². The molecule has 4 aromatic rings. The van der Waals surface area contributed by atoms with E-state index in [-0.39, 0.29) is 5.91 Å². The summed E-state index contributed by atoms with van der Waals surface area (Å²) in [6.07, 6.45) is 1.59. The number of hydrogen-bond donors (Lipinski definition) is 1. The predicted octanol–water partition coefficient (Wildman–Crippen LogP) is 4.60. The average Bonchev–Trinajstić information content (AvgIpc) is 3.53. The Bertz CT molecular complexity index is 1230. The molecule has 2 aromatic carbocycles. The zero-order valence-electron chi connectivity index (χ0n) is 16.7. The van der Waals surface area contributed by atoms with E-state index in [1.807, 2.05) is 36.4 Å². The van der Waals surface area contributed by atoms with E-state index in [1.54, 1.807) is 48.4 Å². The monoisotopic (exact) mass is 413 g/mol. The highest BCUT2D eigenvalue weighted by Gasteiger charge is 2.44. The maximum absolute atomic E-state index is 13.4. The van der Waals surface area contributed by atoms with Crippen molar-refractivity contribution < 1.29 is 18.7 Å². The number of aromatic nitrogens is 2. The van der Waals surface area contributed by atoms with Gasteiger partial charge < -0.3 is 9.15 Å². The summed E-state index contributed by atoms with van der Waals surface area (Å²) in [7, 11) is 0. The van der Waals surface area contributed by atoms with Crippen molar-refractivity contribution in [3.63, 3.8) is 0 Å². The largest absolute Gasteiger partial charge is 0.467 e. The maximum Gasteiger partial charge on any atom is 0.338 e. The van der Waals surface area contributed by atoms with Crippen LogP contribution in [-0.4, -0.2) is 28.7 Å². The molecule has 1 N–H and O–H groups in total. The zero-order valence-corrected chi connectivity index (χ0v) is 16.7. The summed E-state index contributed by atoms with van der Waals surface area (Å²) in [5.41, 5.74) is 3.87. The van der Waals surface area contributed by atoms with E-state index in [0.29, 0.717) is 35.0 Å². The predicted molar refractivity (Wildman–Crippen MR) is 114 cm³/mol. The second-order valence-corrected chi connectivity index (χ2v) is 7.09. The number of anilines is 1. The number of H-pyrrole nitrogens is 1. The molecular weight excluding hydrogens is 394 g/mol. The number of furan rings is 1. The number of ether oxygens (including phenoxy) is 1. The lowest BCUT2D eigenvalue weighted by atomic mass is 10.00. The number of fused-ring (bicyclic) bond motifs is 1. The Morgan fingerprint density at radius 1 is 1.10 bits per heavy atom. The van der Waals surface area contributed by atoms with E-state index in [9.17, 15) is 9.59 Å². The number of carbonyl (C=O) groups excluding carboxylic acids is 2. The molecule has 3 heterocycles. The molecule has 7 nitrogen and oxygen atoms in total. The molecule has 1 aliphatic heterocycles. The second kappa shape index (κ2) is 7.60. The van der Waals surface area contributed by atoms with Gasteiger partial charge in [-0.3, -0.25) is 14.8 Å². The molecule has 31 heavy (non-hydrogen) atoms. The number of nitrogens with zero attached hydrogens (tertiary/aromatic N) is 2. The third-order valence-corrected chi connectivity index (χ3v) is 5.28. The quantitative estimate of drug-likeness (QED) is 0.483. The van der Waals surface area contributed by atoms with E-state index < -0.39 is 12.0 Å². The summed E-state index contributed by atoms with van der Waals surface area (Å²) < 4.78 is 10.8. The molecule has 1 unspecified atom stereocenters. The van der Waals surface area contributed by atoms with Gasteiger partial charge in [-0.05, 0) is 43.3 Å². The van der Waals surface area contributed by atoms with Crippen LogP contribution in [0.25, 0.3) is 11.3 Å². The molecular formula is C24H19N3O4. The van der Waals surface area contributed by atoms with Gasteiger partial charge in [-0.15, -0.1) is 0 Å². The smallest absolute Gasteiger partial charge is 0.338 e. The van der Waals surface area contributed by atoms with E-state index in [4.69, 9.17) is 9.15 Å². The summed E-state index contributed by atoms with van der Waals surface area (Å²) in [6.45, 7) is 2.06. The second-order valence-electron chi connectivity index (χ2n) is 7.09. The molecule has 7 heteroatoms. The fourth-order valence-electron chi connectivity index (χ4n) is 3.92. The molecule has 0 bridgehead atoms. The number of benzene rings is 2. The van der Waals surface area contributed by atoms with Crippen LogP contribution in [0, 0.1) is 0 Å². The number of nitrogens with one attached hydrogen (secondary N) is 1. The van der Waals surface area contributed by atoms with Crippen LogP contribution in [0.1, 0.15) is 45.1 Å². The summed E-state index contributed by atoms with van der Waals surface area (Å²) in [5, 5.41) is 7.34. The lowest BCUT2D eigenvalue weighted by Gasteiger charge is -2.24. The minimum Gasteiger partial charge on any atom is -0.467 e. The van der Waals surface area contributed by atoms with Crippen molar-refractivity contribution in [1.29, 1.82) is 0 Å². The molecule has 0 spiro atoms. The molecule has 5 rings (SSSR count). The lowest BCUT2D eigenvalue weighted by molar-refractivity contribution is 0.0526. The Kier molecular flexibility index (Phi) is 4.63. The van der Waals surface area contributed by atoms with Gasteiger partial charge in [0.05, 0.1) is 24.1 Å². The fraction of sp³-hybridized carbons (Fsp3) is 0.125. The van der Waals surface area contributed by atoms with Crippen molar-refractivity contribution in [2.24, 2.45) is 0 Å². The number of hydrogen-bond acceptors (Lipinski definition) is 5. The first-order valence-electron chi connectivity index (χ1n) is 9.97. The molecule has 0 saturated heterocycles. The fourth-order valence-corrected chi connectivity index (χ4v) is 3.92. The molecule has 0 radical (unpaired) electrons. The average molecular weight is 413 g/mol. The maximum atomic E-state index is 13.4. The highest BCUT2D eigenvalue weighted by molar-refractivity contribution is 6.11. The Labute approximate surface area is 178 Å². The van der Waals surface area contributed by atoms with Crippen molar-refractivity contribution in [3.05, 3.63) is 95.6 Å². The van der Waals surface area contributed by atoms with Gasteiger partial charge in [0.15, 0.2) is 0 Å². The van der Waals surface area contributed by atoms with Gasteiger partial charge in [0.2, 0.25) is 0 Å². The number of esters is 1. The number of amides is 1. The van der Waals surface area contributed by atoms with Crippen molar-refractivity contribution in [1.82, 2.24) is 10.2 Å². The Hall–Kier alpha value is -4.13. The lowest BCUT2D eigenvalue weighted by Crippen LogP contribution is -2.29. The van der Waals surface area contributed by atoms with Crippen molar-refractivity contribution in [2.45, 2.75) is 13.0 Å². The first-order chi connectivity index (χ1) is 15.2. The minimum atomic E-state index is -0.486. The van der Waals surface area contributed by atoms with Crippen LogP contribution in [0.2, 0.25) is 0 Å².